The van der Waals surface area contributed by atoms with E-state index in [0.717, 1.165) is 4.90 Å². The van der Waals surface area contributed by atoms with Gasteiger partial charge in [-0.3, -0.25) is 9.59 Å². The van der Waals surface area contributed by atoms with Crippen molar-refractivity contribution in [3.05, 3.63) is 54.6 Å². The average Bonchev–Trinajstić information content (AvgIpc) is 2.62. The maximum atomic E-state index is 12.2. The molecule has 1 amide bonds. The van der Waals surface area contributed by atoms with Crippen molar-refractivity contribution in [2.24, 2.45) is 5.14 Å². The molecule has 2 aromatic carbocycles. The van der Waals surface area contributed by atoms with Crippen LogP contribution in [0.25, 0.3) is 0 Å². The number of rotatable bonds is 7. The van der Waals surface area contributed by atoms with Gasteiger partial charge in [0.2, 0.25) is 10.0 Å². The van der Waals surface area contributed by atoms with Crippen LogP contribution in [0.4, 0.5) is 5.69 Å². The summed E-state index contributed by atoms with van der Waals surface area (Å²) < 4.78 is 27.7. The number of carbonyl (C=O) groups excluding carboxylic acids is 2. The number of nitrogens with one attached hydrogen (secondary N) is 1. The van der Waals surface area contributed by atoms with Crippen LogP contribution in [-0.2, 0) is 24.3 Å². The fourth-order valence-corrected chi connectivity index (χ4v) is 3.44. The van der Waals surface area contributed by atoms with Gasteiger partial charge in [-0.05, 0) is 50.2 Å². The zero-order valence-electron chi connectivity index (χ0n) is 14.8. The Morgan fingerprint density at radius 2 is 1.63 bits per heavy atom. The van der Waals surface area contributed by atoms with E-state index in [0.29, 0.717) is 5.69 Å². The van der Waals surface area contributed by atoms with Gasteiger partial charge in [0.05, 0.1) is 4.90 Å². The maximum absolute atomic E-state index is 12.2. The summed E-state index contributed by atoms with van der Waals surface area (Å²) in [6.45, 7) is 3.17. The summed E-state index contributed by atoms with van der Waals surface area (Å²) in [6.07, 6.45) is -1.01. The molecular formula is C18H20N2O5S2. The Labute approximate surface area is 162 Å². The lowest BCUT2D eigenvalue weighted by Crippen LogP contribution is -2.32. The van der Waals surface area contributed by atoms with Gasteiger partial charge >= 0.3 is 5.97 Å². The van der Waals surface area contributed by atoms with E-state index in [4.69, 9.17) is 9.88 Å². The summed E-state index contributed by atoms with van der Waals surface area (Å²) in [7, 11) is -3.80. The van der Waals surface area contributed by atoms with E-state index in [1.54, 1.807) is 6.92 Å². The molecule has 7 nitrogen and oxygen atoms in total. The molecule has 0 aliphatic rings. The number of carbonyl (C=O) groups is 2. The molecule has 0 aliphatic carbocycles. The Kier molecular flexibility index (Phi) is 7.00. The SMILES string of the molecule is C[C@H](Sc1ccccc1)C(=O)O[C@H](C)C(=O)Nc1ccc(S(N)(=O)=O)cc1. The second kappa shape index (κ2) is 9.03. The number of nitrogens with two attached hydrogens (primary N) is 1. The van der Waals surface area contributed by atoms with Crippen molar-refractivity contribution in [2.45, 2.75) is 35.0 Å². The lowest BCUT2D eigenvalue weighted by Gasteiger charge is -2.16. The van der Waals surface area contributed by atoms with Crippen LogP contribution in [0.15, 0.2) is 64.4 Å². The molecule has 0 bridgehead atoms. The minimum absolute atomic E-state index is 0.0632. The first kappa shape index (κ1) is 20.9. The van der Waals surface area contributed by atoms with Crippen LogP contribution in [0, 0.1) is 0 Å². The number of hydrogen-bond donors (Lipinski definition) is 2. The summed E-state index contributed by atoms with van der Waals surface area (Å²) in [5.41, 5.74) is 0.363. The molecule has 144 valence electrons. The second-order valence-electron chi connectivity index (χ2n) is 5.71. The van der Waals surface area contributed by atoms with Crippen LogP contribution in [0.1, 0.15) is 13.8 Å². The van der Waals surface area contributed by atoms with Crippen molar-refractivity contribution in [1.29, 1.82) is 0 Å². The third-order valence-corrected chi connectivity index (χ3v) is 5.52. The molecule has 0 heterocycles. The van der Waals surface area contributed by atoms with Crippen molar-refractivity contribution >= 4 is 39.3 Å². The number of primary sulfonamides is 1. The molecule has 0 aromatic heterocycles. The molecule has 27 heavy (non-hydrogen) atoms. The molecule has 2 aromatic rings. The minimum Gasteiger partial charge on any atom is -0.452 e. The molecule has 0 saturated heterocycles. The lowest BCUT2D eigenvalue weighted by atomic mass is 10.3. The molecule has 0 unspecified atom stereocenters. The highest BCUT2D eigenvalue weighted by Crippen LogP contribution is 2.24. The quantitative estimate of drug-likeness (QED) is 0.537. The molecule has 0 saturated carbocycles. The average molecular weight is 409 g/mol. The highest BCUT2D eigenvalue weighted by molar-refractivity contribution is 8.00. The first-order valence-electron chi connectivity index (χ1n) is 8.03. The number of anilines is 1. The molecule has 2 rings (SSSR count). The highest BCUT2D eigenvalue weighted by Gasteiger charge is 2.23. The Morgan fingerprint density at radius 1 is 1.04 bits per heavy atom. The number of esters is 1. The molecule has 0 fully saturated rings. The van der Waals surface area contributed by atoms with E-state index in [1.807, 2.05) is 30.3 Å². The predicted molar refractivity (Wildman–Crippen MR) is 104 cm³/mol. The second-order valence-corrected chi connectivity index (χ2v) is 8.69. The van der Waals surface area contributed by atoms with E-state index in [2.05, 4.69) is 5.32 Å². The van der Waals surface area contributed by atoms with Crippen molar-refractivity contribution in [2.75, 3.05) is 5.32 Å². The van der Waals surface area contributed by atoms with E-state index in [-0.39, 0.29) is 4.90 Å². The van der Waals surface area contributed by atoms with Gasteiger partial charge in [-0.15, -0.1) is 11.8 Å². The third-order valence-electron chi connectivity index (χ3n) is 3.50. The fraction of sp³-hybridized carbons (Fsp3) is 0.222. The Morgan fingerprint density at radius 3 is 2.19 bits per heavy atom. The summed E-state index contributed by atoms with van der Waals surface area (Å²) in [5, 5.41) is 7.10. The van der Waals surface area contributed by atoms with Gasteiger partial charge in [0.1, 0.15) is 5.25 Å². The van der Waals surface area contributed by atoms with E-state index >= 15 is 0 Å². The molecule has 0 aliphatic heterocycles. The molecule has 9 heteroatoms. The van der Waals surface area contributed by atoms with Gasteiger partial charge in [-0.1, -0.05) is 18.2 Å². The van der Waals surface area contributed by atoms with Crippen molar-refractivity contribution in [3.63, 3.8) is 0 Å². The lowest BCUT2D eigenvalue weighted by molar-refractivity contribution is -0.152. The van der Waals surface area contributed by atoms with Crippen molar-refractivity contribution < 1.29 is 22.7 Å². The van der Waals surface area contributed by atoms with Crippen LogP contribution in [0.3, 0.4) is 0 Å². The van der Waals surface area contributed by atoms with E-state index < -0.39 is 33.3 Å². The van der Waals surface area contributed by atoms with Gasteiger partial charge < -0.3 is 10.1 Å². The van der Waals surface area contributed by atoms with Gasteiger partial charge in [-0.25, -0.2) is 13.6 Å². The molecule has 2 atom stereocenters. The summed E-state index contributed by atoms with van der Waals surface area (Å²) >= 11 is 1.34. The van der Waals surface area contributed by atoms with E-state index in [1.165, 1.54) is 43.0 Å². The fourth-order valence-electron chi connectivity index (χ4n) is 2.05. The third kappa shape index (κ3) is 6.38. The van der Waals surface area contributed by atoms with Gasteiger partial charge in [0.25, 0.3) is 5.91 Å². The van der Waals surface area contributed by atoms with Crippen LogP contribution < -0.4 is 10.5 Å². The van der Waals surface area contributed by atoms with Crippen molar-refractivity contribution in [1.82, 2.24) is 0 Å². The molecular weight excluding hydrogens is 388 g/mol. The maximum Gasteiger partial charge on any atom is 0.319 e. The zero-order valence-corrected chi connectivity index (χ0v) is 16.4. The topological polar surface area (TPSA) is 116 Å². The number of ether oxygens (including phenoxy) is 1. The molecule has 0 spiro atoms. The number of amides is 1. The molecule has 3 N–H and O–H groups in total. The number of hydrogen-bond acceptors (Lipinski definition) is 6. The molecule has 0 radical (unpaired) electrons. The van der Waals surface area contributed by atoms with Gasteiger partial charge in [0.15, 0.2) is 6.10 Å². The smallest absolute Gasteiger partial charge is 0.319 e. The van der Waals surface area contributed by atoms with Crippen molar-refractivity contribution in [3.8, 4) is 0 Å². The predicted octanol–water partition coefficient (Wildman–Crippen LogP) is 2.38. The Balaban J connectivity index is 1.90. The number of sulfonamides is 1. The first-order valence-corrected chi connectivity index (χ1v) is 10.5. The van der Waals surface area contributed by atoms with Gasteiger partial charge in [0, 0.05) is 10.6 Å². The van der Waals surface area contributed by atoms with Crippen LogP contribution >= 0.6 is 11.8 Å². The minimum atomic E-state index is -3.80. The zero-order chi connectivity index (χ0) is 20.0. The number of thioether (sulfide) groups is 1. The standard InChI is InChI=1S/C18H20N2O5S2/c1-12(25-18(22)13(2)26-15-6-4-3-5-7-15)17(21)20-14-8-10-16(11-9-14)27(19,23)24/h3-13H,1-2H3,(H,20,21)(H2,19,23,24)/t12-,13+/m1/s1. The summed E-state index contributed by atoms with van der Waals surface area (Å²) in [5.74, 6) is -1.03. The Hall–Kier alpha value is -2.36. The normalized spacial score (nSPS) is 13.4. The van der Waals surface area contributed by atoms with Gasteiger partial charge in [-0.2, -0.15) is 0 Å². The summed E-state index contributed by atoms with van der Waals surface area (Å²) in [6, 6.07) is 14.8. The van der Waals surface area contributed by atoms with Crippen LogP contribution in [0.2, 0.25) is 0 Å². The first-order chi connectivity index (χ1) is 12.7. The largest absolute Gasteiger partial charge is 0.452 e. The Bertz CT molecular complexity index is 899. The monoisotopic (exact) mass is 408 g/mol. The summed E-state index contributed by atoms with van der Waals surface area (Å²) in [4.78, 5) is 25.2. The van der Waals surface area contributed by atoms with Crippen LogP contribution in [-0.4, -0.2) is 31.6 Å². The van der Waals surface area contributed by atoms with Crippen LogP contribution in [0.5, 0.6) is 0 Å². The number of benzene rings is 2. The highest BCUT2D eigenvalue weighted by atomic mass is 32.2. The van der Waals surface area contributed by atoms with E-state index in [9.17, 15) is 18.0 Å².